The predicted molar refractivity (Wildman–Crippen MR) is 124 cm³/mol. The van der Waals surface area contributed by atoms with Crippen molar-refractivity contribution in [3.63, 3.8) is 0 Å². The molecule has 5 fully saturated rings. The maximum atomic E-state index is 13.2. The molecule has 1 aromatic rings. The Kier molecular flexibility index (Phi) is 5.86. The van der Waals surface area contributed by atoms with E-state index < -0.39 is 15.6 Å². The second-order valence-electron chi connectivity index (χ2n) is 10.1. The van der Waals surface area contributed by atoms with Crippen LogP contribution in [-0.4, -0.2) is 57.4 Å². The summed E-state index contributed by atoms with van der Waals surface area (Å²) in [6, 6.07) is 6.66. The Morgan fingerprint density at radius 1 is 1.12 bits per heavy atom. The third-order valence-corrected chi connectivity index (χ3v) is 10.2. The van der Waals surface area contributed by atoms with E-state index in [1.807, 2.05) is 0 Å². The van der Waals surface area contributed by atoms with Crippen LogP contribution in [0.4, 0.5) is 5.69 Å². The van der Waals surface area contributed by atoms with Crippen molar-refractivity contribution in [3.05, 3.63) is 29.3 Å². The second kappa shape index (κ2) is 8.43. The molecule has 0 aromatic heterocycles. The van der Waals surface area contributed by atoms with Crippen molar-refractivity contribution in [2.45, 2.75) is 44.6 Å². The zero-order valence-corrected chi connectivity index (χ0v) is 20.3. The maximum Gasteiger partial charge on any atom is 0.311 e. The zero-order chi connectivity index (χ0) is 23.4. The highest BCUT2D eigenvalue weighted by atomic mass is 35.5. The molecule has 10 heteroatoms. The Hall–Kier alpha value is -1.84. The van der Waals surface area contributed by atoms with Crippen LogP contribution >= 0.6 is 11.6 Å². The predicted octanol–water partition coefficient (Wildman–Crippen LogP) is 2.58. The molecule has 33 heavy (non-hydrogen) atoms. The molecule has 1 aliphatic heterocycles. The third-order valence-electron chi connectivity index (χ3n) is 8.03. The normalized spacial score (nSPS) is 34.8. The lowest BCUT2D eigenvalue weighted by Crippen LogP contribution is -2.62. The van der Waals surface area contributed by atoms with Crippen LogP contribution in [-0.2, 0) is 24.5 Å². The van der Waals surface area contributed by atoms with E-state index in [-0.39, 0.29) is 36.3 Å². The van der Waals surface area contributed by atoms with Gasteiger partial charge in [-0.05, 0) is 80.5 Å². The van der Waals surface area contributed by atoms with E-state index in [9.17, 15) is 18.0 Å². The lowest BCUT2D eigenvalue weighted by Gasteiger charge is -2.58. The number of nitrogens with zero attached hydrogens (tertiary/aromatic N) is 2. The largest absolute Gasteiger partial charge is 0.469 e. The molecule has 2 unspecified atom stereocenters. The summed E-state index contributed by atoms with van der Waals surface area (Å²) < 4.78 is 34.1. The first-order valence-corrected chi connectivity index (χ1v) is 13.4. The van der Waals surface area contributed by atoms with Crippen LogP contribution in [0.2, 0.25) is 5.02 Å². The van der Waals surface area contributed by atoms with Gasteiger partial charge in [0.05, 0.1) is 24.8 Å². The molecule has 4 bridgehead atoms. The molecule has 4 saturated carbocycles. The lowest BCUT2D eigenvalue weighted by molar-refractivity contribution is -0.171. The van der Waals surface area contributed by atoms with Gasteiger partial charge in [0, 0.05) is 24.2 Å². The summed E-state index contributed by atoms with van der Waals surface area (Å²) in [6.07, 6.45) is 5.01. The lowest BCUT2D eigenvalue weighted by atomic mass is 9.48. The molecular weight excluding hydrogens is 466 g/mol. The average Bonchev–Trinajstić information content (AvgIpc) is 2.77. The van der Waals surface area contributed by atoms with E-state index in [1.165, 1.54) is 15.7 Å². The minimum Gasteiger partial charge on any atom is -0.469 e. The SMILES string of the molecule is COC(=O)C12CC3CC(C1)C(NC(=O)CN1CCCN(c4ccc(Cl)cc4)S1(=O)=O)C(C3)C2. The number of methoxy groups -OCH3 is 1. The van der Waals surface area contributed by atoms with Crippen molar-refractivity contribution in [1.29, 1.82) is 0 Å². The zero-order valence-electron chi connectivity index (χ0n) is 18.7. The topological polar surface area (TPSA) is 96.0 Å². The van der Waals surface area contributed by atoms with Gasteiger partial charge in [-0.2, -0.15) is 12.7 Å². The van der Waals surface area contributed by atoms with Gasteiger partial charge in [-0.1, -0.05) is 11.6 Å². The molecule has 0 radical (unpaired) electrons. The van der Waals surface area contributed by atoms with Crippen LogP contribution in [0.5, 0.6) is 0 Å². The summed E-state index contributed by atoms with van der Waals surface area (Å²) in [5.41, 5.74) is 0.139. The molecule has 1 heterocycles. The van der Waals surface area contributed by atoms with Crippen molar-refractivity contribution in [3.8, 4) is 0 Å². The number of anilines is 1. The number of benzene rings is 1. The number of ether oxygens (including phenoxy) is 1. The number of nitrogens with one attached hydrogen (secondary N) is 1. The number of carbonyl (C=O) groups excluding carboxylic acids is 2. The molecule has 1 N–H and O–H groups in total. The molecular formula is C23H30ClN3O5S. The number of halogens is 1. The molecule has 0 spiro atoms. The van der Waals surface area contributed by atoms with E-state index >= 15 is 0 Å². The van der Waals surface area contributed by atoms with Crippen LogP contribution in [0.25, 0.3) is 0 Å². The van der Waals surface area contributed by atoms with Crippen molar-refractivity contribution >= 4 is 39.4 Å². The molecule has 6 rings (SSSR count). The van der Waals surface area contributed by atoms with Crippen LogP contribution in [0.3, 0.4) is 0 Å². The first-order valence-electron chi connectivity index (χ1n) is 11.6. The Morgan fingerprint density at radius 2 is 1.79 bits per heavy atom. The van der Waals surface area contributed by atoms with Gasteiger partial charge in [0.1, 0.15) is 0 Å². The van der Waals surface area contributed by atoms with Crippen LogP contribution < -0.4 is 9.62 Å². The second-order valence-corrected chi connectivity index (χ2v) is 12.4. The number of carbonyl (C=O) groups is 2. The fourth-order valence-corrected chi connectivity index (χ4v) is 8.70. The molecule has 2 atom stereocenters. The van der Waals surface area contributed by atoms with Gasteiger partial charge in [0.15, 0.2) is 0 Å². The van der Waals surface area contributed by atoms with Gasteiger partial charge >= 0.3 is 16.2 Å². The van der Waals surface area contributed by atoms with Crippen molar-refractivity contribution in [1.82, 2.24) is 9.62 Å². The molecule has 4 aliphatic carbocycles. The monoisotopic (exact) mass is 495 g/mol. The molecule has 1 amide bonds. The minimum atomic E-state index is -3.81. The number of hydrogen-bond acceptors (Lipinski definition) is 5. The molecule has 1 saturated heterocycles. The van der Waals surface area contributed by atoms with E-state index in [2.05, 4.69) is 5.32 Å². The van der Waals surface area contributed by atoms with Gasteiger partial charge in [-0.3, -0.25) is 13.9 Å². The average molecular weight is 496 g/mol. The Bertz CT molecular complexity index is 1030. The van der Waals surface area contributed by atoms with Crippen molar-refractivity contribution in [2.75, 3.05) is 31.0 Å². The Balaban J connectivity index is 1.26. The van der Waals surface area contributed by atoms with Gasteiger partial charge in [0.2, 0.25) is 5.91 Å². The van der Waals surface area contributed by atoms with E-state index in [4.69, 9.17) is 16.3 Å². The number of hydrogen-bond donors (Lipinski definition) is 1. The summed E-state index contributed by atoms with van der Waals surface area (Å²) in [5.74, 6) is 0.588. The Morgan fingerprint density at radius 3 is 2.42 bits per heavy atom. The van der Waals surface area contributed by atoms with E-state index in [1.54, 1.807) is 24.3 Å². The van der Waals surface area contributed by atoms with Gasteiger partial charge in [0.25, 0.3) is 0 Å². The van der Waals surface area contributed by atoms with Crippen LogP contribution in [0, 0.1) is 23.2 Å². The van der Waals surface area contributed by atoms with Crippen molar-refractivity contribution in [2.24, 2.45) is 23.2 Å². The van der Waals surface area contributed by atoms with Gasteiger partial charge in [-0.25, -0.2) is 0 Å². The van der Waals surface area contributed by atoms with E-state index in [0.29, 0.717) is 36.1 Å². The minimum absolute atomic E-state index is 0.00769. The van der Waals surface area contributed by atoms with Crippen molar-refractivity contribution < 1.29 is 22.7 Å². The molecule has 5 aliphatic rings. The third kappa shape index (κ3) is 4.02. The van der Waals surface area contributed by atoms with Crippen LogP contribution in [0.15, 0.2) is 24.3 Å². The fourth-order valence-electron chi connectivity index (χ4n) is 6.91. The first kappa shape index (κ1) is 22.9. The standard InChI is InChI=1S/C23H30ClN3O5S/c1-32-22(29)23-11-15-9-16(12-23)21(17(10-15)13-23)25-20(28)14-26-7-2-8-27(33(26,30)31)19-5-3-18(24)4-6-19/h3-6,15-17,21H,2,7-14H2,1H3,(H,25,28). The highest BCUT2D eigenvalue weighted by Crippen LogP contribution is 2.60. The molecule has 8 nitrogen and oxygen atoms in total. The summed E-state index contributed by atoms with van der Waals surface area (Å²) in [6.45, 7) is 0.477. The van der Waals surface area contributed by atoms with Crippen LogP contribution in [0.1, 0.15) is 38.5 Å². The highest BCUT2D eigenvalue weighted by molar-refractivity contribution is 7.90. The van der Waals surface area contributed by atoms with E-state index in [0.717, 1.165) is 32.1 Å². The smallest absolute Gasteiger partial charge is 0.311 e. The number of esters is 1. The summed E-state index contributed by atoms with van der Waals surface area (Å²) in [5, 5.41) is 3.69. The highest BCUT2D eigenvalue weighted by Gasteiger charge is 2.59. The van der Waals surface area contributed by atoms with Gasteiger partial charge < -0.3 is 10.1 Å². The first-order chi connectivity index (χ1) is 15.7. The fraction of sp³-hybridized carbons (Fsp3) is 0.652. The number of amides is 1. The number of rotatable bonds is 5. The Labute approximate surface area is 199 Å². The summed E-state index contributed by atoms with van der Waals surface area (Å²) in [7, 11) is -2.36. The summed E-state index contributed by atoms with van der Waals surface area (Å²) in [4.78, 5) is 25.5. The van der Waals surface area contributed by atoms with Gasteiger partial charge in [-0.15, -0.1) is 0 Å². The molecule has 180 valence electrons. The quantitative estimate of drug-likeness (QED) is 0.633. The summed E-state index contributed by atoms with van der Waals surface area (Å²) >= 11 is 5.94. The molecule has 1 aromatic carbocycles. The maximum absolute atomic E-state index is 13.2.